The fourth-order valence-corrected chi connectivity index (χ4v) is 5.40. The van der Waals surface area contributed by atoms with Gasteiger partial charge in [0.15, 0.2) is 23.3 Å². The van der Waals surface area contributed by atoms with Crippen molar-refractivity contribution in [2.24, 2.45) is 11.3 Å². The minimum absolute atomic E-state index is 0.150. The zero-order chi connectivity index (χ0) is 20.1. The Morgan fingerprint density at radius 2 is 1.43 bits per heavy atom. The van der Waals surface area contributed by atoms with Gasteiger partial charge in [-0.2, -0.15) is 13.2 Å². The van der Waals surface area contributed by atoms with E-state index in [-0.39, 0.29) is 11.6 Å². The molecule has 5 rings (SSSR count). The monoisotopic (exact) mass is 386 g/mol. The van der Waals surface area contributed by atoms with Crippen LogP contribution in [0.15, 0.2) is 54.6 Å². The summed E-state index contributed by atoms with van der Waals surface area (Å²) in [7, 11) is 0. The maximum Gasteiger partial charge on any atom is 0.416 e. The first kappa shape index (κ1) is 17.6. The van der Waals surface area contributed by atoms with Crippen molar-refractivity contribution in [3.63, 3.8) is 0 Å². The molecule has 0 bridgehead atoms. The summed E-state index contributed by atoms with van der Waals surface area (Å²) in [6.07, 6.45) is -5.21. The Hall–Kier alpha value is -2.47. The lowest BCUT2D eigenvalue weighted by atomic mass is 9.78. The summed E-state index contributed by atoms with van der Waals surface area (Å²) in [6.45, 7) is 3.36. The molecule has 2 aromatic rings. The van der Waals surface area contributed by atoms with Crippen LogP contribution >= 0.6 is 0 Å². The summed E-state index contributed by atoms with van der Waals surface area (Å²) in [6, 6.07) is 13.9. The Balaban J connectivity index is 1.72. The highest BCUT2D eigenvalue weighted by molar-refractivity contribution is 6.17. The molecular weight excluding hydrogens is 369 g/mol. The SMILES string of the molecule is CC12OC1C(=O)[C@]1(C)[C@@H](C2=O)[C@@]1(c1ccccc1)c1ccc(C(F)(F)F)cc1. The van der Waals surface area contributed by atoms with Gasteiger partial charge in [-0.05, 0) is 30.2 Å². The molecule has 0 N–H and O–H groups in total. The largest absolute Gasteiger partial charge is 0.416 e. The van der Waals surface area contributed by atoms with Gasteiger partial charge in [0.25, 0.3) is 0 Å². The molecule has 1 heterocycles. The van der Waals surface area contributed by atoms with Crippen LogP contribution in [0.4, 0.5) is 13.2 Å². The number of hydrogen-bond donors (Lipinski definition) is 0. The van der Waals surface area contributed by atoms with E-state index in [0.29, 0.717) is 5.56 Å². The molecule has 0 radical (unpaired) electrons. The first-order chi connectivity index (χ1) is 13.1. The third-order valence-electron chi connectivity index (χ3n) is 6.95. The van der Waals surface area contributed by atoms with E-state index in [1.807, 2.05) is 30.3 Å². The van der Waals surface area contributed by atoms with Crippen LogP contribution in [0.3, 0.4) is 0 Å². The fourth-order valence-electron chi connectivity index (χ4n) is 5.40. The van der Waals surface area contributed by atoms with Crippen molar-refractivity contribution in [3.8, 4) is 0 Å². The number of epoxide rings is 1. The summed E-state index contributed by atoms with van der Waals surface area (Å²) in [5.41, 5.74) is -2.58. The van der Waals surface area contributed by atoms with E-state index >= 15 is 0 Å². The molecule has 144 valence electrons. The van der Waals surface area contributed by atoms with Gasteiger partial charge in [0.2, 0.25) is 0 Å². The zero-order valence-electron chi connectivity index (χ0n) is 15.2. The molecule has 3 aliphatic rings. The molecule has 0 amide bonds. The molecule has 3 nitrogen and oxygen atoms in total. The van der Waals surface area contributed by atoms with Crippen LogP contribution in [0.1, 0.15) is 30.5 Å². The summed E-state index contributed by atoms with van der Waals surface area (Å²) in [4.78, 5) is 26.4. The Morgan fingerprint density at radius 3 is 2.00 bits per heavy atom. The van der Waals surface area contributed by atoms with Crippen molar-refractivity contribution in [1.29, 1.82) is 0 Å². The number of Topliss-reactive ketones (excluding diaryl/α,β-unsaturated/α-hetero) is 2. The number of ether oxygens (including phenoxy) is 1. The Labute approximate surface area is 159 Å². The molecule has 5 atom stereocenters. The van der Waals surface area contributed by atoms with Crippen molar-refractivity contribution < 1.29 is 27.5 Å². The van der Waals surface area contributed by atoms with Crippen LogP contribution in [0.25, 0.3) is 0 Å². The maximum atomic E-state index is 13.2. The van der Waals surface area contributed by atoms with Crippen molar-refractivity contribution in [1.82, 2.24) is 0 Å². The number of carbonyl (C=O) groups excluding carboxylic acids is 2. The molecule has 28 heavy (non-hydrogen) atoms. The Bertz CT molecular complexity index is 1010. The topological polar surface area (TPSA) is 46.7 Å². The second-order valence-corrected chi connectivity index (χ2v) is 8.22. The second kappa shape index (κ2) is 4.92. The maximum absolute atomic E-state index is 13.2. The summed E-state index contributed by atoms with van der Waals surface area (Å²) >= 11 is 0. The Kier molecular flexibility index (Phi) is 3.10. The number of rotatable bonds is 2. The normalized spacial score (nSPS) is 38.6. The van der Waals surface area contributed by atoms with Gasteiger partial charge < -0.3 is 4.74 Å². The van der Waals surface area contributed by atoms with Crippen LogP contribution < -0.4 is 0 Å². The molecular formula is C22H17F3O3. The van der Waals surface area contributed by atoms with Gasteiger partial charge in [-0.15, -0.1) is 0 Å². The van der Waals surface area contributed by atoms with Crippen molar-refractivity contribution in [3.05, 3.63) is 71.3 Å². The number of ketones is 2. The van der Waals surface area contributed by atoms with Gasteiger partial charge in [-0.1, -0.05) is 49.4 Å². The summed E-state index contributed by atoms with van der Waals surface area (Å²) in [5, 5.41) is 0. The van der Waals surface area contributed by atoms with Crippen LogP contribution in [-0.2, 0) is 25.9 Å². The minimum Gasteiger partial charge on any atom is -0.350 e. The standard InChI is InChI=1S/C22H17F3O3/c1-19-15(16(26)20(2)18(28-20)17(19)27)21(19,12-6-4-3-5-7-12)13-8-10-14(11-9-13)22(23,24)25/h3-11,15,18H,1-2H3/t15-,18?,19+,20?,21-/m1/s1. The smallest absolute Gasteiger partial charge is 0.350 e. The number of hydrogen-bond acceptors (Lipinski definition) is 3. The van der Waals surface area contributed by atoms with Crippen molar-refractivity contribution in [2.75, 3.05) is 0 Å². The summed E-state index contributed by atoms with van der Waals surface area (Å²) in [5.74, 6) is -0.956. The molecule has 1 saturated heterocycles. The lowest BCUT2D eigenvalue weighted by Gasteiger charge is -2.23. The third-order valence-corrected chi connectivity index (χ3v) is 6.95. The van der Waals surface area contributed by atoms with E-state index in [0.717, 1.165) is 17.7 Å². The molecule has 2 unspecified atom stereocenters. The number of benzene rings is 2. The van der Waals surface area contributed by atoms with Gasteiger partial charge in [0.05, 0.1) is 11.0 Å². The van der Waals surface area contributed by atoms with E-state index in [1.54, 1.807) is 13.8 Å². The quantitative estimate of drug-likeness (QED) is 0.735. The highest BCUT2D eigenvalue weighted by Crippen LogP contribution is 2.78. The molecule has 2 saturated carbocycles. The molecule has 0 spiro atoms. The fraction of sp³-hybridized carbons (Fsp3) is 0.364. The lowest BCUT2D eigenvalue weighted by molar-refractivity contribution is -0.137. The van der Waals surface area contributed by atoms with Gasteiger partial charge in [0.1, 0.15) is 0 Å². The molecule has 0 aromatic heterocycles. The highest BCUT2D eigenvalue weighted by atomic mass is 19.4. The zero-order valence-corrected chi connectivity index (χ0v) is 15.2. The number of carbonyl (C=O) groups is 2. The lowest BCUT2D eigenvalue weighted by Crippen LogP contribution is -2.39. The average molecular weight is 386 g/mol. The van der Waals surface area contributed by atoms with Crippen molar-refractivity contribution in [2.45, 2.75) is 37.1 Å². The van der Waals surface area contributed by atoms with E-state index in [9.17, 15) is 22.8 Å². The second-order valence-electron chi connectivity index (χ2n) is 8.22. The molecule has 1 aliphatic heterocycles. The van der Waals surface area contributed by atoms with E-state index in [2.05, 4.69) is 0 Å². The first-order valence-electron chi connectivity index (χ1n) is 9.09. The highest BCUT2D eigenvalue weighted by Gasteiger charge is 2.90. The minimum atomic E-state index is -4.45. The number of alkyl halides is 3. The van der Waals surface area contributed by atoms with Gasteiger partial charge in [-0.25, -0.2) is 0 Å². The molecule has 2 aromatic carbocycles. The average Bonchev–Trinajstić information content (AvgIpc) is 3.52. The first-order valence-corrected chi connectivity index (χ1v) is 9.09. The Morgan fingerprint density at radius 1 is 0.857 bits per heavy atom. The number of halogens is 3. The number of fused-ring (bicyclic) bond motifs is 2. The predicted molar refractivity (Wildman–Crippen MR) is 93.6 cm³/mol. The van der Waals surface area contributed by atoms with E-state index < -0.39 is 40.2 Å². The van der Waals surface area contributed by atoms with Crippen LogP contribution in [0.5, 0.6) is 0 Å². The van der Waals surface area contributed by atoms with Gasteiger partial charge >= 0.3 is 6.18 Å². The van der Waals surface area contributed by atoms with E-state index in [4.69, 9.17) is 4.74 Å². The predicted octanol–water partition coefficient (Wildman–Crippen LogP) is 3.94. The van der Waals surface area contributed by atoms with Crippen LogP contribution in [0, 0.1) is 11.3 Å². The van der Waals surface area contributed by atoms with E-state index in [1.165, 1.54) is 12.1 Å². The summed E-state index contributed by atoms with van der Waals surface area (Å²) < 4.78 is 44.5. The van der Waals surface area contributed by atoms with Gasteiger partial charge in [-0.3, -0.25) is 9.59 Å². The molecule has 6 heteroatoms. The third kappa shape index (κ3) is 1.80. The van der Waals surface area contributed by atoms with Crippen molar-refractivity contribution >= 4 is 11.6 Å². The molecule has 3 fully saturated rings. The van der Waals surface area contributed by atoms with Crippen LogP contribution in [-0.4, -0.2) is 23.3 Å². The van der Waals surface area contributed by atoms with Crippen LogP contribution in [0.2, 0.25) is 0 Å². The van der Waals surface area contributed by atoms with Gasteiger partial charge in [0, 0.05) is 11.3 Å². The molecule has 2 aliphatic carbocycles.